The Balaban J connectivity index is 2.37. The van der Waals surface area contributed by atoms with E-state index in [0.717, 1.165) is 16.3 Å². The topological polar surface area (TPSA) is 60.2 Å². The number of carbonyl (C=O) groups excluding carboxylic acids is 2. The van der Waals surface area contributed by atoms with Crippen molar-refractivity contribution >= 4 is 22.3 Å². The molecule has 2 aromatic rings. The molecule has 0 aliphatic heterocycles. The Hall–Kier alpha value is -2.26. The van der Waals surface area contributed by atoms with Crippen molar-refractivity contribution in [3.63, 3.8) is 0 Å². The Morgan fingerprint density at radius 2 is 1.72 bits per heavy atom. The third-order valence-corrected chi connectivity index (χ3v) is 3.22. The molecule has 1 aliphatic carbocycles. The molecule has 1 aliphatic rings. The summed E-state index contributed by atoms with van der Waals surface area (Å²) in [5.74, 6) is -0.231. The quantitative estimate of drug-likeness (QED) is 0.827. The number of allylic oxidation sites excluding steroid dienone is 2. The van der Waals surface area contributed by atoms with Gasteiger partial charge in [0, 0.05) is 17.7 Å². The van der Waals surface area contributed by atoms with Crippen LogP contribution in [0.5, 0.6) is 0 Å². The molecule has 3 rings (SSSR count). The van der Waals surface area contributed by atoms with Crippen LogP contribution in [0.4, 0.5) is 0 Å². The number of nitrogens with two attached hydrogens (primary N) is 1. The third kappa shape index (κ3) is 1.49. The van der Waals surface area contributed by atoms with Crippen molar-refractivity contribution in [3.05, 3.63) is 59.2 Å². The molecule has 2 N–H and O–H groups in total. The molecule has 0 fully saturated rings. The Labute approximate surface area is 104 Å². The molecule has 0 spiro atoms. The van der Waals surface area contributed by atoms with E-state index in [9.17, 15) is 9.59 Å². The molecule has 0 saturated carbocycles. The summed E-state index contributed by atoms with van der Waals surface area (Å²) in [6, 6.07) is 9.27. The van der Waals surface area contributed by atoms with Gasteiger partial charge in [0.2, 0.25) is 0 Å². The lowest BCUT2D eigenvalue weighted by molar-refractivity contribution is 0.0995. The summed E-state index contributed by atoms with van der Waals surface area (Å²) in [7, 11) is 0. The summed E-state index contributed by atoms with van der Waals surface area (Å²) in [4.78, 5) is 23.7. The number of rotatable bonds is 1. The average Bonchev–Trinajstić information content (AvgIpc) is 2.41. The van der Waals surface area contributed by atoms with E-state index in [1.165, 1.54) is 12.2 Å². The zero-order chi connectivity index (χ0) is 12.7. The molecule has 88 valence electrons. The van der Waals surface area contributed by atoms with Gasteiger partial charge in [-0.1, -0.05) is 18.2 Å². The van der Waals surface area contributed by atoms with E-state index in [1.807, 2.05) is 24.3 Å². The maximum atomic E-state index is 11.9. The van der Waals surface area contributed by atoms with Crippen molar-refractivity contribution in [2.75, 3.05) is 0 Å². The number of ketones is 2. The fourth-order valence-corrected chi connectivity index (χ4v) is 2.30. The van der Waals surface area contributed by atoms with Crippen molar-refractivity contribution in [1.82, 2.24) is 0 Å². The fourth-order valence-electron chi connectivity index (χ4n) is 2.30. The maximum absolute atomic E-state index is 11.9. The first-order valence-electron chi connectivity index (χ1n) is 5.73. The summed E-state index contributed by atoms with van der Waals surface area (Å²) in [5, 5.41) is 1.75. The van der Waals surface area contributed by atoms with Gasteiger partial charge in [0.05, 0.1) is 0 Å². The van der Waals surface area contributed by atoms with Crippen molar-refractivity contribution in [2.45, 2.75) is 6.54 Å². The SMILES string of the molecule is NCc1ccc2c3c(ccc2c1)C(=O)C=CC3=O. The van der Waals surface area contributed by atoms with Gasteiger partial charge in [0.25, 0.3) is 0 Å². The molecule has 0 saturated heterocycles. The van der Waals surface area contributed by atoms with Gasteiger partial charge in [-0.3, -0.25) is 9.59 Å². The summed E-state index contributed by atoms with van der Waals surface area (Å²) in [6.45, 7) is 0.458. The van der Waals surface area contributed by atoms with Gasteiger partial charge in [-0.2, -0.15) is 0 Å². The van der Waals surface area contributed by atoms with Crippen molar-refractivity contribution in [3.8, 4) is 0 Å². The normalized spacial score (nSPS) is 14.1. The lowest BCUT2D eigenvalue weighted by Gasteiger charge is -2.12. The number of hydrogen-bond donors (Lipinski definition) is 1. The molecule has 0 amide bonds. The standard InChI is InChI=1S/C15H11NO2/c16-8-9-1-3-11-10(7-9)2-4-12-13(17)5-6-14(18)15(11)12/h1-7H,8,16H2. The first kappa shape index (κ1) is 10.9. The molecule has 0 aromatic heterocycles. The van der Waals surface area contributed by atoms with Crippen LogP contribution < -0.4 is 5.73 Å². The first-order chi connectivity index (χ1) is 8.70. The van der Waals surface area contributed by atoms with Crippen molar-refractivity contribution < 1.29 is 9.59 Å². The first-order valence-corrected chi connectivity index (χ1v) is 5.73. The number of benzene rings is 2. The molecule has 2 aromatic carbocycles. The maximum Gasteiger partial charge on any atom is 0.187 e. The zero-order valence-electron chi connectivity index (χ0n) is 9.64. The van der Waals surface area contributed by atoms with E-state index in [-0.39, 0.29) is 11.6 Å². The van der Waals surface area contributed by atoms with Crippen molar-refractivity contribution in [1.29, 1.82) is 0 Å². The largest absolute Gasteiger partial charge is 0.326 e. The smallest absolute Gasteiger partial charge is 0.187 e. The molecule has 18 heavy (non-hydrogen) atoms. The molecule has 0 bridgehead atoms. The van der Waals surface area contributed by atoms with E-state index < -0.39 is 0 Å². The predicted molar refractivity (Wildman–Crippen MR) is 69.6 cm³/mol. The number of hydrogen-bond acceptors (Lipinski definition) is 3. The van der Waals surface area contributed by atoms with Crippen LogP contribution in [-0.4, -0.2) is 11.6 Å². The second kappa shape index (κ2) is 3.89. The molecule has 3 nitrogen and oxygen atoms in total. The molecule has 0 atom stereocenters. The molecule has 3 heteroatoms. The number of fused-ring (bicyclic) bond motifs is 3. The van der Waals surface area contributed by atoms with Crippen LogP contribution in [0.3, 0.4) is 0 Å². The van der Waals surface area contributed by atoms with Gasteiger partial charge in [-0.05, 0) is 40.6 Å². The van der Waals surface area contributed by atoms with E-state index in [1.54, 1.807) is 6.07 Å². The van der Waals surface area contributed by atoms with Gasteiger partial charge in [-0.15, -0.1) is 0 Å². The van der Waals surface area contributed by atoms with E-state index >= 15 is 0 Å². The summed E-state index contributed by atoms with van der Waals surface area (Å²) >= 11 is 0. The van der Waals surface area contributed by atoms with Crippen LogP contribution in [0.25, 0.3) is 10.8 Å². The summed E-state index contributed by atoms with van der Waals surface area (Å²) in [6.07, 6.45) is 2.66. The fraction of sp³-hybridized carbons (Fsp3) is 0.0667. The molecular weight excluding hydrogens is 226 g/mol. The second-order valence-electron chi connectivity index (χ2n) is 4.31. The Kier molecular flexibility index (Phi) is 2.35. The summed E-state index contributed by atoms with van der Waals surface area (Å²) < 4.78 is 0. The van der Waals surface area contributed by atoms with Gasteiger partial charge >= 0.3 is 0 Å². The minimum atomic E-state index is -0.116. The highest BCUT2D eigenvalue weighted by Gasteiger charge is 2.21. The van der Waals surface area contributed by atoms with Gasteiger partial charge < -0.3 is 5.73 Å². The van der Waals surface area contributed by atoms with E-state index in [2.05, 4.69) is 0 Å². The molecular formula is C15H11NO2. The second-order valence-corrected chi connectivity index (χ2v) is 4.31. The van der Waals surface area contributed by atoms with Crippen LogP contribution in [-0.2, 0) is 6.54 Å². The highest BCUT2D eigenvalue weighted by Crippen LogP contribution is 2.27. The molecule has 0 unspecified atom stereocenters. The van der Waals surface area contributed by atoms with Gasteiger partial charge in [0.15, 0.2) is 11.6 Å². The van der Waals surface area contributed by atoms with Crippen LogP contribution in [0.15, 0.2) is 42.5 Å². The third-order valence-electron chi connectivity index (χ3n) is 3.22. The minimum Gasteiger partial charge on any atom is -0.326 e. The van der Waals surface area contributed by atoms with Crippen LogP contribution in [0, 0.1) is 0 Å². The Morgan fingerprint density at radius 3 is 2.50 bits per heavy atom. The monoisotopic (exact) mass is 237 g/mol. The Bertz CT molecular complexity index is 714. The Morgan fingerprint density at radius 1 is 0.944 bits per heavy atom. The minimum absolute atomic E-state index is 0.115. The van der Waals surface area contributed by atoms with E-state index in [4.69, 9.17) is 5.73 Å². The summed E-state index contributed by atoms with van der Waals surface area (Å²) in [5.41, 5.74) is 7.59. The van der Waals surface area contributed by atoms with Crippen LogP contribution in [0.1, 0.15) is 26.3 Å². The van der Waals surface area contributed by atoms with E-state index in [0.29, 0.717) is 17.7 Å². The van der Waals surface area contributed by atoms with Gasteiger partial charge in [0.1, 0.15) is 0 Å². The van der Waals surface area contributed by atoms with Crippen LogP contribution in [0.2, 0.25) is 0 Å². The molecule has 0 radical (unpaired) electrons. The number of carbonyl (C=O) groups is 2. The highest BCUT2D eigenvalue weighted by atomic mass is 16.1. The van der Waals surface area contributed by atoms with Crippen molar-refractivity contribution in [2.24, 2.45) is 5.73 Å². The lowest BCUT2D eigenvalue weighted by atomic mass is 9.89. The zero-order valence-corrected chi connectivity index (χ0v) is 9.64. The predicted octanol–water partition coefficient (Wildman–Crippen LogP) is 2.23. The average molecular weight is 237 g/mol. The van der Waals surface area contributed by atoms with Crippen LogP contribution >= 0.6 is 0 Å². The lowest BCUT2D eigenvalue weighted by Crippen LogP contribution is -2.12. The highest BCUT2D eigenvalue weighted by molar-refractivity contribution is 6.26. The molecule has 0 heterocycles. The van der Waals surface area contributed by atoms with Gasteiger partial charge in [-0.25, -0.2) is 0 Å².